The first-order valence-electron chi connectivity index (χ1n) is 6.97. The molecule has 1 unspecified atom stereocenters. The highest BCUT2D eigenvalue weighted by atomic mass is 35.5. The molecule has 3 rings (SSSR count). The number of hydrogen-bond donors (Lipinski definition) is 0. The molecular weight excluding hydrogens is 272 g/mol. The summed E-state index contributed by atoms with van der Waals surface area (Å²) in [7, 11) is 0. The van der Waals surface area contributed by atoms with Crippen molar-refractivity contribution < 1.29 is 0 Å². The maximum Gasteiger partial charge on any atom is 0.169 e. The van der Waals surface area contributed by atoms with E-state index in [1.165, 1.54) is 12.0 Å². The number of fused-ring (bicyclic) bond motifs is 1. The van der Waals surface area contributed by atoms with Crippen LogP contribution in [0.2, 0.25) is 5.15 Å². The van der Waals surface area contributed by atoms with Crippen LogP contribution in [0, 0.1) is 17.3 Å². The molecule has 0 fully saturated rings. The predicted molar refractivity (Wildman–Crippen MR) is 81.3 cm³/mol. The molecule has 20 heavy (non-hydrogen) atoms. The van der Waals surface area contributed by atoms with Gasteiger partial charge in [-0.1, -0.05) is 45.4 Å². The summed E-state index contributed by atoms with van der Waals surface area (Å²) in [6, 6.07) is 0. The molecule has 1 aliphatic rings. The van der Waals surface area contributed by atoms with Gasteiger partial charge in [0.15, 0.2) is 10.8 Å². The Morgan fingerprint density at radius 2 is 2.05 bits per heavy atom. The van der Waals surface area contributed by atoms with Gasteiger partial charge in [0.05, 0.1) is 0 Å². The summed E-state index contributed by atoms with van der Waals surface area (Å²) in [5.41, 5.74) is 2.81. The van der Waals surface area contributed by atoms with Crippen LogP contribution >= 0.6 is 11.6 Å². The maximum absolute atomic E-state index is 6.08. The molecule has 2 aromatic heterocycles. The van der Waals surface area contributed by atoms with Crippen LogP contribution in [0.1, 0.15) is 34.1 Å². The molecule has 2 heterocycles. The van der Waals surface area contributed by atoms with E-state index in [0.717, 1.165) is 12.1 Å². The monoisotopic (exact) mass is 290 g/mol. The Balaban J connectivity index is 2.11. The van der Waals surface area contributed by atoms with Crippen molar-refractivity contribution in [2.45, 2.75) is 34.1 Å². The molecule has 1 aliphatic carbocycles. The van der Waals surface area contributed by atoms with Gasteiger partial charge in [0, 0.05) is 11.1 Å². The second-order valence-electron chi connectivity index (χ2n) is 6.35. The van der Waals surface area contributed by atoms with Crippen molar-refractivity contribution in [3.63, 3.8) is 0 Å². The zero-order valence-corrected chi connectivity index (χ0v) is 13.0. The van der Waals surface area contributed by atoms with Crippen molar-refractivity contribution in [3.8, 4) is 0 Å². The Labute approximate surface area is 123 Å². The Morgan fingerprint density at radius 1 is 1.30 bits per heavy atom. The number of hydrogen-bond acceptors (Lipinski definition) is 3. The van der Waals surface area contributed by atoms with E-state index in [0.29, 0.717) is 22.5 Å². The Bertz CT molecular complexity index is 684. The summed E-state index contributed by atoms with van der Waals surface area (Å²) >= 11 is 6.08. The second-order valence-corrected chi connectivity index (χ2v) is 6.71. The van der Waals surface area contributed by atoms with Crippen LogP contribution in [0.15, 0.2) is 18.7 Å². The fourth-order valence-corrected chi connectivity index (χ4v) is 3.66. The van der Waals surface area contributed by atoms with E-state index in [1.54, 1.807) is 0 Å². The van der Waals surface area contributed by atoms with Gasteiger partial charge in [0.25, 0.3) is 0 Å². The van der Waals surface area contributed by atoms with Crippen LogP contribution in [0.25, 0.3) is 16.9 Å². The van der Waals surface area contributed by atoms with Crippen LogP contribution in [-0.4, -0.2) is 19.5 Å². The number of nitrogens with zero attached hydrogens (tertiary/aromatic N) is 4. The minimum absolute atomic E-state index is 0.0965. The van der Waals surface area contributed by atoms with Gasteiger partial charge < -0.3 is 0 Å². The van der Waals surface area contributed by atoms with Crippen LogP contribution < -0.4 is 0 Å². The van der Waals surface area contributed by atoms with Gasteiger partial charge in [-0.25, -0.2) is 15.0 Å². The van der Waals surface area contributed by atoms with Crippen molar-refractivity contribution in [3.05, 3.63) is 23.9 Å². The average molecular weight is 291 g/mol. The van der Waals surface area contributed by atoms with Crippen LogP contribution in [0.5, 0.6) is 0 Å². The van der Waals surface area contributed by atoms with Crippen LogP contribution in [-0.2, 0) is 0 Å². The molecule has 0 aromatic carbocycles. The normalized spacial score (nSPS) is 21.7. The Kier molecular flexibility index (Phi) is 3.09. The number of imidazole rings is 1. The van der Waals surface area contributed by atoms with Crippen LogP contribution in [0.4, 0.5) is 0 Å². The molecular formula is C15H19ClN4. The summed E-state index contributed by atoms with van der Waals surface area (Å²) < 4.78 is 2.06. The zero-order valence-electron chi connectivity index (χ0n) is 12.3. The molecule has 106 valence electrons. The van der Waals surface area contributed by atoms with Gasteiger partial charge in [-0.15, -0.1) is 0 Å². The predicted octanol–water partition coefficient (Wildman–Crippen LogP) is 4.02. The van der Waals surface area contributed by atoms with Gasteiger partial charge >= 0.3 is 0 Å². The standard InChI is InChI=1S/C15H19ClN4/c1-9(2)10-5-6-11(15(10,3)4)20-8-19-12-13(16)17-7-18-14(12)20/h6-10H,5H2,1-4H3. The molecule has 1 atom stereocenters. The molecule has 4 nitrogen and oxygen atoms in total. The lowest BCUT2D eigenvalue weighted by molar-refractivity contribution is 0.236. The molecule has 0 N–H and O–H groups in total. The fraction of sp³-hybridized carbons (Fsp3) is 0.533. The SMILES string of the molecule is CC(C)C1CC=C(n2cnc3c(Cl)ncnc32)C1(C)C. The highest BCUT2D eigenvalue weighted by molar-refractivity contribution is 6.33. The Morgan fingerprint density at radius 3 is 2.70 bits per heavy atom. The molecule has 0 spiro atoms. The first-order valence-corrected chi connectivity index (χ1v) is 7.35. The van der Waals surface area contributed by atoms with Gasteiger partial charge in [-0.05, 0) is 18.3 Å². The molecule has 0 radical (unpaired) electrons. The first-order chi connectivity index (χ1) is 9.43. The number of halogens is 1. The summed E-state index contributed by atoms with van der Waals surface area (Å²) in [5, 5.41) is 0.408. The van der Waals surface area contributed by atoms with E-state index >= 15 is 0 Å². The average Bonchev–Trinajstić information content (AvgIpc) is 2.90. The summed E-state index contributed by atoms with van der Waals surface area (Å²) in [5.74, 6) is 1.28. The summed E-state index contributed by atoms with van der Waals surface area (Å²) in [4.78, 5) is 12.7. The topological polar surface area (TPSA) is 43.6 Å². The zero-order chi connectivity index (χ0) is 14.5. The lowest BCUT2D eigenvalue weighted by Gasteiger charge is -2.33. The highest BCUT2D eigenvalue weighted by Crippen LogP contribution is 2.49. The molecule has 0 saturated carbocycles. The first kappa shape index (κ1) is 13.6. The van der Waals surface area contributed by atoms with E-state index in [-0.39, 0.29) is 5.41 Å². The van der Waals surface area contributed by atoms with Crippen LogP contribution in [0.3, 0.4) is 0 Å². The summed E-state index contributed by atoms with van der Waals surface area (Å²) in [6.45, 7) is 9.17. The smallest absolute Gasteiger partial charge is 0.169 e. The minimum Gasteiger partial charge on any atom is -0.287 e. The highest BCUT2D eigenvalue weighted by Gasteiger charge is 2.40. The van der Waals surface area contributed by atoms with Gasteiger partial charge in [-0.2, -0.15) is 0 Å². The van der Waals surface area contributed by atoms with E-state index in [2.05, 4.69) is 53.3 Å². The van der Waals surface area contributed by atoms with Crippen molar-refractivity contribution in [2.75, 3.05) is 0 Å². The number of aromatic nitrogens is 4. The fourth-order valence-electron chi connectivity index (χ4n) is 3.48. The molecule has 5 heteroatoms. The van der Waals surface area contributed by atoms with Gasteiger partial charge in [0.1, 0.15) is 18.2 Å². The molecule has 0 bridgehead atoms. The summed E-state index contributed by atoms with van der Waals surface area (Å²) in [6.07, 6.45) is 6.70. The third-order valence-corrected chi connectivity index (χ3v) is 4.78. The maximum atomic E-state index is 6.08. The number of rotatable bonds is 2. The molecule has 0 amide bonds. The van der Waals surface area contributed by atoms with E-state index in [4.69, 9.17) is 11.6 Å². The van der Waals surface area contributed by atoms with E-state index in [9.17, 15) is 0 Å². The molecule has 2 aromatic rings. The number of allylic oxidation sites excluding steroid dienone is 2. The molecule has 0 aliphatic heterocycles. The second kappa shape index (κ2) is 4.55. The lowest BCUT2D eigenvalue weighted by Crippen LogP contribution is -2.27. The van der Waals surface area contributed by atoms with Crippen molar-refractivity contribution >= 4 is 28.5 Å². The lowest BCUT2D eigenvalue weighted by atomic mass is 9.74. The van der Waals surface area contributed by atoms with E-state index < -0.39 is 0 Å². The van der Waals surface area contributed by atoms with Gasteiger partial charge in [-0.3, -0.25) is 4.57 Å². The third-order valence-electron chi connectivity index (χ3n) is 4.51. The third kappa shape index (κ3) is 1.85. The van der Waals surface area contributed by atoms with Crippen molar-refractivity contribution in [1.29, 1.82) is 0 Å². The van der Waals surface area contributed by atoms with Crippen molar-refractivity contribution in [1.82, 2.24) is 19.5 Å². The van der Waals surface area contributed by atoms with Gasteiger partial charge in [0.2, 0.25) is 0 Å². The Hall–Kier alpha value is -1.42. The largest absolute Gasteiger partial charge is 0.287 e. The minimum atomic E-state index is 0.0965. The van der Waals surface area contributed by atoms with Crippen molar-refractivity contribution in [2.24, 2.45) is 17.3 Å². The quantitative estimate of drug-likeness (QED) is 0.785. The molecule has 0 saturated heterocycles. The van der Waals surface area contributed by atoms with E-state index in [1.807, 2.05) is 6.33 Å².